The average Bonchev–Trinajstić information content (AvgIpc) is 4.10. The Morgan fingerprint density at radius 2 is 0.536 bits per heavy atom. The predicted octanol–water partition coefficient (Wildman–Crippen LogP) is 12.5. The maximum absolute atomic E-state index is 15.4. The summed E-state index contributed by atoms with van der Waals surface area (Å²) in [6, 6.07) is 3.23. The molecule has 0 unspecified atom stereocenters. The van der Waals surface area contributed by atoms with Gasteiger partial charge in [0, 0.05) is 11.1 Å². The first-order valence-electron chi connectivity index (χ1n) is 18.2. The molecule has 2 aliphatic rings. The van der Waals surface area contributed by atoms with Crippen LogP contribution in [0.1, 0.15) is 33.9 Å². The van der Waals surface area contributed by atoms with Crippen molar-refractivity contribution >= 4 is 68.4 Å². The topological polar surface area (TPSA) is 54.0 Å². The van der Waals surface area contributed by atoms with E-state index in [1.54, 1.807) is 0 Å². The van der Waals surface area contributed by atoms with Crippen molar-refractivity contribution in [3.8, 4) is 22.3 Å². The molecule has 7 aromatic rings. The van der Waals surface area contributed by atoms with Crippen molar-refractivity contribution in [2.75, 3.05) is 0 Å². The average molecular weight is 997 g/mol. The SMILES string of the molecule is Fc1c(F)c(F)c(C2=Cc3cc4[n-]c(cc4-c4c(F)c(F)c(F)c(F)c4F)cc4[n-]c(cc5nc(cc2n3)C=C5c2c(F)c(F)c(F)c(F)c2F)cc4-c2c(F)c(F)c(F)c(F)c2F)c(F)c1F.[Mg+2]. The van der Waals surface area contributed by atoms with Gasteiger partial charge in [-0.05, 0) is 29.3 Å². The molecular weight excluding hydrogens is 989 g/mol. The minimum Gasteiger partial charge on any atom is -0.657 e. The monoisotopic (exact) mass is 996 g/mol. The molecule has 346 valence electrons. The molecule has 4 nitrogen and oxygen atoms in total. The maximum atomic E-state index is 15.4. The van der Waals surface area contributed by atoms with E-state index in [1.807, 2.05) is 0 Å². The van der Waals surface area contributed by atoms with Gasteiger partial charge >= 0.3 is 23.1 Å². The smallest absolute Gasteiger partial charge is 0.657 e. The molecule has 0 aliphatic carbocycles. The zero-order valence-corrected chi connectivity index (χ0v) is 34.1. The fourth-order valence-electron chi connectivity index (χ4n) is 7.28. The number of hydrogen-bond donors (Lipinski definition) is 0. The van der Waals surface area contributed by atoms with Gasteiger partial charge in [-0.25, -0.2) is 97.8 Å². The first-order valence-corrected chi connectivity index (χ1v) is 18.2. The van der Waals surface area contributed by atoms with Crippen molar-refractivity contribution < 1.29 is 87.8 Å². The molecule has 0 saturated heterocycles. The van der Waals surface area contributed by atoms with E-state index in [0.29, 0.717) is 48.6 Å². The van der Waals surface area contributed by atoms with Crippen molar-refractivity contribution in [3.05, 3.63) is 187 Å². The molecule has 0 spiro atoms. The Labute approximate surface area is 384 Å². The molecule has 0 N–H and O–H groups in total. The summed E-state index contributed by atoms with van der Waals surface area (Å²) >= 11 is 0. The number of fused-ring (bicyclic) bond motifs is 8. The Hall–Kier alpha value is -7.15. The van der Waals surface area contributed by atoms with Crippen LogP contribution in [0, 0.1) is 116 Å². The molecule has 3 aromatic heterocycles. The third-order valence-electron chi connectivity index (χ3n) is 10.3. The van der Waals surface area contributed by atoms with Crippen LogP contribution >= 0.6 is 0 Å². The molecule has 0 fully saturated rings. The van der Waals surface area contributed by atoms with Crippen LogP contribution in [-0.4, -0.2) is 33.0 Å². The van der Waals surface area contributed by atoms with Crippen LogP contribution in [0.15, 0.2) is 36.4 Å². The largest absolute Gasteiger partial charge is 2.00 e. The number of halogens is 20. The van der Waals surface area contributed by atoms with Gasteiger partial charge in [0.1, 0.15) is 0 Å². The molecule has 9 rings (SSSR count). The Bertz CT molecular complexity index is 3590. The maximum Gasteiger partial charge on any atom is 2.00 e. The summed E-state index contributed by atoms with van der Waals surface area (Å²) < 4.78 is 297. The summed E-state index contributed by atoms with van der Waals surface area (Å²) in [5.41, 5.74) is -18.2. The fourth-order valence-corrected chi connectivity index (χ4v) is 7.28. The van der Waals surface area contributed by atoms with Gasteiger partial charge in [-0.2, -0.15) is 0 Å². The number of aromatic nitrogens is 4. The van der Waals surface area contributed by atoms with E-state index in [9.17, 15) is 52.7 Å². The van der Waals surface area contributed by atoms with E-state index >= 15 is 35.1 Å². The summed E-state index contributed by atoms with van der Waals surface area (Å²) in [7, 11) is 0. The van der Waals surface area contributed by atoms with Crippen molar-refractivity contribution in [1.82, 2.24) is 19.9 Å². The quantitative estimate of drug-likeness (QED) is 0.0763. The van der Waals surface area contributed by atoms with Gasteiger partial charge < -0.3 is 9.97 Å². The molecule has 4 aromatic carbocycles. The number of nitrogens with zero attached hydrogens (tertiary/aromatic N) is 4. The number of rotatable bonds is 4. The van der Waals surface area contributed by atoms with Crippen LogP contribution in [0.3, 0.4) is 0 Å². The molecule has 5 heterocycles. The standard InChI is InChI=1S/C44H8F20N4.Mg/c45-25-21(26(46)34(54)41(61)33(25)53)13-1-9-5-18-14(22-27(47)35(55)42(62)36(56)28(22)48)3-11(66-18)7-20-16(24-31(51)39(59)44(64)40(60)32(24)52)4-12(68-20)8-19-15(2-10(67-19)6-17(13)65-9)23-29(49)37(57)43(63)38(58)30(23)50;/h1-8H;/q-2;+2. The molecule has 69 heavy (non-hydrogen) atoms. The second-order valence-electron chi connectivity index (χ2n) is 14.3. The van der Waals surface area contributed by atoms with Crippen LogP contribution in [-0.2, 0) is 0 Å². The summed E-state index contributed by atoms with van der Waals surface area (Å²) in [5.74, 6) is -50.9. The molecule has 2 aliphatic heterocycles. The first-order chi connectivity index (χ1) is 32.0. The van der Waals surface area contributed by atoms with Crippen LogP contribution in [0.2, 0.25) is 0 Å². The van der Waals surface area contributed by atoms with E-state index in [2.05, 4.69) is 19.9 Å². The second kappa shape index (κ2) is 17.1. The summed E-state index contributed by atoms with van der Waals surface area (Å²) in [6.45, 7) is 0. The van der Waals surface area contributed by atoms with Gasteiger partial charge in [0.2, 0.25) is 23.3 Å². The molecule has 25 heteroatoms. The minimum absolute atomic E-state index is 0. The van der Waals surface area contributed by atoms with E-state index < -0.39 is 206 Å². The first kappa shape index (κ1) is 48.3. The Morgan fingerprint density at radius 1 is 0.275 bits per heavy atom. The number of benzene rings is 4. The predicted molar refractivity (Wildman–Crippen MR) is 202 cm³/mol. The van der Waals surface area contributed by atoms with Crippen molar-refractivity contribution in [2.24, 2.45) is 0 Å². The van der Waals surface area contributed by atoms with Gasteiger partial charge in [-0.1, -0.05) is 30.3 Å². The zero-order chi connectivity index (χ0) is 49.3. The van der Waals surface area contributed by atoms with Gasteiger partial charge in [0.15, 0.2) is 93.1 Å². The Kier molecular flexibility index (Phi) is 12.0. The van der Waals surface area contributed by atoms with Crippen LogP contribution < -0.4 is 9.97 Å². The van der Waals surface area contributed by atoms with Gasteiger partial charge in [-0.15, -0.1) is 22.1 Å². The van der Waals surface area contributed by atoms with Gasteiger partial charge in [-0.3, -0.25) is 0 Å². The van der Waals surface area contributed by atoms with E-state index in [0.717, 1.165) is 0 Å². The van der Waals surface area contributed by atoms with Crippen molar-refractivity contribution in [2.45, 2.75) is 0 Å². The Balaban J connectivity index is 0.00000642. The molecule has 8 bridgehead atoms. The molecular formula is C44H8F20MgN4. The molecule has 0 atom stereocenters. The van der Waals surface area contributed by atoms with Crippen molar-refractivity contribution in [3.63, 3.8) is 0 Å². The molecule has 0 amide bonds. The zero-order valence-electron chi connectivity index (χ0n) is 32.7. The van der Waals surface area contributed by atoms with Gasteiger partial charge in [0.05, 0.1) is 45.0 Å². The fraction of sp³-hybridized carbons (Fsp3) is 0. The third kappa shape index (κ3) is 7.39. The van der Waals surface area contributed by atoms with Crippen LogP contribution in [0.5, 0.6) is 0 Å². The van der Waals surface area contributed by atoms with E-state index in [-0.39, 0.29) is 23.1 Å². The van der Waals surface area contributed by atoms with E-state index in [1.165, 1.54) is 0 Å². The second-order valence-corrected chi connectivity index (χ2v) is 14.3. The van der Waals surface area contributed by atoms with Crippen LogP contribution in [0.25, 0.3) is 67.6 Å². The van der Waals surface area contributed by atoms with Gasteiger partial charge in [0.25, 0.3) is 0 Å². The van der Waals surface area contributed by atoms with Crippen molar-refractivity contribution in [1.29, 1.82) is 0 Å². The normalized spacial score (nSPS) is 12.4. The Morgan fingerprint density at radius 3 is 0.884 bits per heavy atom. The minimum atomic E-state index is -2.65. The summed E-state index contributed by atoms with van der Waals surface area (Å²) in [6.07, 6.45) is 1.02. The number of hydrogen-bond acceptors (Lipinski definition) is 2. The summed E-state index contributed by atoms with van der Waals surface area (Å²) in [4.78, 5) is 15.9. The van der Waals surface area contributed by atoms with E-state index in [4.69, 9.17) is 0 Å². The third-order valence-corrected chi connectivity index (χ3v) is 10.3. The molecule has 0 radical (unpaired) electrons. The molecule has 0 saturated carbocycles. The summed E-state index contributed by atoms with van der Waals surface area (Å²) in [5, 5.41) is 0. The van der Waals surface area contributed by atoms with Crippen LogP contribution in [0.4, 0.5) is 87.8 Å².